The van der Waals surface area contributed by atoms with Crippen LogP contribution in [0.25, 0.3) is 0 Å². The second kappa shape index (κ2) is 7.82. The number of aryl methyl sites for hydroxylation is 1. The molecule has 1 aliphatic rings. The molecule has 7 nitrogen and oxygen atoms in total. The maximum atomic E-state index is 12.3. The van der Waals surface area contributed by atoms with Crippen LogP contribution in [0.15, 0.2) is 18.2 Å². The Labute approximate surface area is 158 Å². The van der Waals surface area contributed by atoms with E-state index in [1.54, 1.807) is 18.7 Å². The van der Waals surface area contributed by atoms with Crippen molar-refractivity contribution in [3.63, 3.8) is 0 Å². The molecule has 0 fully saturated rings. The molecule has 144 valence electrons. The molecule has 0 saturated carbocycles. The van der Waals surface area contributed by atoms with Gasteiger partial charge in [-0.25, -0.2) is 0 Å². The summed E-state index contributed by atoms with van der Waals surface area (Å²) in [6, 6.07) is 5.81. The van der Waals surface area contributed by atoms with Crippen LogP contribution in [0.5, 0.6) is 11.5 Å². The van der Waals surface area contributed by atoms with Gasteiger partial charge in [0.25, 0.3) is 0 Å². The molecule has 0 unspecified atom stereocenters. The predicted octanol–water partition coefficient (Wildman–Crippen LogP) is 2.08. The van der Waals surface area contributed by atoms with Gasteiger partial charge >= 0.3 is 0 Å². The van der Waals surface area contributed by atoms with Crippen molar-refractivity contribution >= 4 is 11.7 Å². The van der Waals surface area contributed by atoms with E-state index in [2.05, 4.69) is 10.4 Å². The van der Waals surface area contributed by atoms with Crippen molar-refractivity contribution in [1.29, 1.82) is 0 Å². The molecule has 0 radical (unpaired) electrons. The quantitative estimate of drug-likeness (QED) is 0.786. The van der Waals surface area contributed by atoms with Crippen molar-refractivity contribution in [2.45, 2.75) is 33.7 Å². The molecular weight excluding hydrogens is 346 g/mol. The number of methoxy groups -OCH3 is 1. The van der Waals surface area contributed by atoms with Crippen LogP contribution in [0.1, 0.15) is 34.2 Å². The van der Waals surface area contributed by atoms with E-state index in [0.29, 0.717) is 24.4 Å². The minimum Gasteiger partial charge on any atom is -0.497 e. The van der Waals surface area contributed by atoms with Crippen LogP contribution in [-0.2, 0) is 17.8 Å². The number of amides is 1. The molecule has 7 heteroatoms. The molecule has 1 aromatic heterocycles. The number of rotatable bonds is 6. The van der Waals surface area contributed by atoms with E-state index in [9.17, 15) is 9.59 Å². The van der Waals surface area contributed by atoms with Gasteiger partial charge in [0.2, 0.25) is 5.91 Å². The van der Waals surface area contributed by atoms with Crippen molar-refractivity contribution in [3.05, 3.63) is 40.7 Å². The second-order valence-electron chi connectivity index (χ2n) is 6.92. The van der Waals surface area contributed by atoms with Gasteiger partial charge in [-0.3, -0.25) is 14.3 Å². The Morgan fingerprint density at radius 3 is 2.81 bits per heavy atom. The van der Waals surface area contributed by atoms with Crippen molar-refractivity contribution in [2.24, 2.45) is 5.92 Å². The van der Waals surface area contributed by atoms with Crippen molar-refractivity contribution in [3.8, 4) is 11.5 Å². The Morgan fingerprint density at radius 2 is 2.15 bits per heavy atom. The zero-order chi connectivity index (χ0) is 19.6. The minimum atomic E-state index is -0.128. The summed E-state index contributed by atoms with van der Waals surface area (Å²) in [4.78, 5) is 24.0. The average Bonchev–Trinajstić information content (AvgIpc) is 2.92. The lowest BCUT2D eigenvalue weighted by Gasteiger charge is -2.25. The molecule has 1 aromatic carbocycles. The SMILES string of the molecule is COc1ccc2c(c1)OC[C@H](CNC(=O)Cn1nc(C)c(C(C)=O)c1C)C2. The molecule has 0 bridgehead atoms. The Morgan fingerprint density at radius 1 is 1.37 bits per heavy atom. The van der Waals surface area contributed by atoms with Gasteiger partial charge < -0.3 is 14.8 Å². The van der Waals surface area contributed by atoms with Gasteiger partial charge in [-0.2, -0.15) is 5.10 Å². The molecule has 1 aliphatic heterocycles. The first kappa shape index (κ1) is 18.9. The number of ether oxygens (including phenoxy) is 2. The fourth-order valence-corrected chi connectivity index (χ4v) is 3.48. The zero-order valence-electron chi connectivity index (χ0n) is 16.2. The van der Waals surface area contributed by atoms with Crippen molar-refractivity contribution < 1.29 is 19.1 Å². The molecule has 0 aliphatic carbocycles. The van der Waals surface area contributed by atoms with E-state index in [0.717, 1.165) is 29.2 Å². The standard InChI is InChI=1S/C20H25N3O4/c1-12-20(14(3)24)13(2)23(22-12)10-19(25)21-9-15-7-16-5-6-17(26-4)8-18(16)27-11-15/h5-6,8,15H,7,9-11H2,1-4H3,(H,21,25)/t15-/m0/s1. The molecule has 2 heterocycles. The molecule has 3 rings (SSSR count). The van der Waals surface area contributed by atoms with Gasteiger partial charge in [0.15, 0.2) is 5.78 Å². The minimum absolute atomic E-state index is 0.0358. The smallest absolute Gasteiger partial charge is 0.241 e. The first-order valence-corrected chi connectivity index (χ1v) is 9.00. The number of benzene rings is 1. The van der Waals surface area contributed by atoms with Crippen molar-refractivity contribution in [2.75, 3.05) is 20.3 Å². The number of nitrogens with zero attached hydrogens (tertiary/aromatic N) is 2. The molecule has 2 aromatic rings. The highest BCUT2D eigenvalue weighted by atomic mass is 16.5. The van der Waals surface area contributed by atoms with E-state index in [1.807, 2.05) is 25.1 Å². The summed E-state index contributed by atoms with van der Waals surface area (Å²) in [7, 11) is 1.63. The van der Waals surface area contributed by atoms with Crippen LogP contribution in [0, 0.1) is 19.8 Å². The van der Waals surface area contributed by atoms with E-state index in [-0.39, 0.29) is 24.2 Å². The number of carbonyl (C=O) groups excluding carboxylic acids is 2. The summed E-state index contributed by atoms with van der Waals surface area (Å²) in [6.45, 7) is 6.28. The average molecular weight is 371 g/mol. The molecule has 1 amide bonds. The van der Waals surface area contributed by atoms with Crippen LogP contribution in [-0.4, -0.2) is 41.7 Å². The van der Waals surface area contributed by atoms with Crippen molar-refractivity contribution in [1.82, 2.24) is 15.1 Å². The van der Waals surface area contributed by atoms with Gasteiger partial charge in [0.1, 0.15) is 18.0 Å². The summed E-state index contributed by atoms with van der Waals surface area (Å²) in [5.41, 5.74) is 3.08. The van der Waals surface area contributed by atoms with Gasteiger partial charge in [0, 0.05) is 24.2 Å². The molecule has 1 atom stereocenters. The van der Waals surface area contributed by atoms with Crippen LogP contribution >= 0.6 is 0 Å². The second-order valence-corrected chi connectivity index (χ2v) is 6.92. The van der Waals surface area contributed by atoms with Crippen LogP contribution in [0.2, 0.25) is 0 Å². The fraction of sp³-hybridized carbons (Fsp3) is 0.450. The third-order valence-corrected chi connectivity index (χ3v) is 4.87. The maximum Gasteiger partial charge on any atom is 0.241 e. The zero-order valence-corrected chi connectivity index (χ0v) is 16.2. The van der Waals surface area contributed by atoms with E-state index in [1.165, 1.54) is 6.92 Å². The van der Waals surface area contributed by atoms with Crippen LogP contribution < -0.4 is 14.8 Å². The number of aromatic nitrogens is 2. The third-order valence-electron chi connectivity index (χ3n) is 4.87. The largest absolute Gasteiger partial charge is 0.497 e. The topological polar surface area (TPSA) is 82.4 Å². The Kier molecular flexibility index (Phi) is 5.48. The summed E-state index contributed by atoms with van der Waals surface area (Å²) in [6.07, 6.45) is 0.841. The van der Waals surface area contributed by atoms with E-state index in [4.69, 9.17) is 9.47 Å². The number of hydrogen-bond acceptors (Lipinski definition) is 5. The maximum absolute atomic E-state index is 12.3. The number of hydrogen-bond donors (Lipinski definition) is 1. The highest BCUT2D eigenvalue weighted by Crippen LogP contribution is 2.30. The molecule has 1 N–H and O–H groups in total. The van der Waals surface area contributed by atoms with Crippen LogP contribution in [0.3, 0.4) is 0 Å². The van der Waals surface area contributed by atoms with Crippen LogP contribution in [0.4, 0.5) is 0 Å². The summed E-state index contributed by atoms with van der Waals surface area (Å²) in [5, 5.41) is 7.26. The Bertz CT molecular complexity index is 872. The molecule has 27 heavy (non-hydrogen) atoms. The van der Waals surface area contributed by atoms with E-state index >= 15 is 0 Å². The number of carbonyl (C=O) groups is 2. The first-order chi connectivity index (χ1) is 12.9. The molecule has 0 spiro atoms. The lowest BCUT2D eigenvalue weighted by molar-refractivity contribution is -0.122. The highest BCUT2D eigenvalue weighted by molar-refractivity contribution is 5.96. The predicted molar refractivity (Wildman–Crippen MR) is 100 cm³/mol. The number of nitrogens with one attached hydrogen (secondary N) is 1. The number of Topliss-reactive ketones (excluding diaryl/α,β-unsaturated/α-hetero) is 1. The lowest BCUT2D eigenvalue weighted by atomic mass is 9.96. The van der Waals surface area contributed by atoms with Gasteiger partial charge in [0.05, 0.1) is 25.0 Å². The number of fused-ring (bicyclic) bond motifs is 1. The summed E-state index contributed by atoms with van der Waals surface area (Å²) >= 11 is 0. The summed E-state index contributed by atoms with van der Waals surface area (Å²) < 4.78 is 12.6. The third kappa shape index (κ3) is 4.13. The van der Waals surface area contributed by atoms with Gasteiger partial charge in [-0.05, 0) is 38.8 Å². The van der Waals surface area contributed by atoms with E-state index < -0.39 is 0 Å². The van der Waals surface area contributed by atoms with Gasteiger partial charge in [-0.15, -0.1) is 0 Å². The normalized spacial score (nSPS) is 15.6. The fourth-order valence-electron chi connectivity index (χ4n) is 3.48. The van der Waals surface area contributed by atoms with Gasteiger partial charge in [-0.1, -0.05) is 6.07 Å². The lowest BCUT2D eigenvalue weighted by Crippen LogP contribution is -2.36. The molecule has 0 saturated heterocycles. The number of ketones is 1. The molecular formula is C20H25N3O4. The highest BCUT2D eigenvalue weighted by Gasteiger charge is 2.22. The summed E-state index contributed by atoms with van der Waals surface area (Å²) in [5.74, 6) is 1.66. The monoisotopic (exact) mass is 371 g/mol. The first-order valence-electron chi connectivity index (χ1n) is 9.00. The Hall–Kier alpha value is -2.83. The Balaban J connectivity index is 1.56.